The van der Waals surface area contributed by atoms with Gasteiger partial charge in [0.05, 0.1) is 9.85 Å². The molecule has 0 heterocycles. The Morgan fingerprint density at radius 2 is 0.900 bits per heavy atom. The van der Waals surface area contributed by atoms with E-state index >= 15 is 0 Å². The Balaban J connectivity index is 1.80. The van der Waals surface area contributed by atoms with Gasteiger partial charge >= 0.3 is 20.2 Å². The molecule has 0 aromatic heterocycles. The van der Waals surface area contributed by atoms with Gasteiger partial charge in [-0.05, 0) is 47.5 Å². The summed E-state index contributed by atoms with van der Waals surface area (Å²) in [6, 6.07) is 21.0. The zero-order valence-corrected chi connectivity index (χ0v) is 21.8. The van der Waals surface area contributed by atoms with E-state index in [2.05, 4.69) is 0 Å². The minimum atomic E-state index is -4.59. The molecule has 0 aliphatic carbocycles. The van der Waals surface area contributed by atoms with Gasteiger partial charge in [0, 0.05) is 24.3 Å². The van der Waals surface area contributed by atoms with Crippen molar-refractivity contribution in [3.8, 4) is 11.5 Å². The molecule has 0 saturated carbocycles. The van der Waals surface area contributed by atoms with Crippen molar-refractivity contribution in [3.05, 3.63) is 128 Å². The molecule has 204 valence electrons. The number of para-hydroxylation sites is 2. The van der Waals surface area contributed by atoms with Crippen molar-refractivity contribution < 1.29 is 35.0 Å². The Kier molecular flexibility index (Phi) is 7.93. The van der Waals surface area contributed by atoms with Crippen LogP contribution in [0.5, 0.6) is 11.5 Å². The van der Waals surface area contributed by atoms with Crippen molar-refractivity contribution in [2.24, 2.45) is 0 Å². The summed E-state index contributed by atoms with van der Waals surface area (Å²) in [5, 5.41) is 22.7. The van der Waals surface area contributed by atoms with E-state index in [-0.39, 0.29) is 22.6 Å². The molecule has 0 unspecified atom stereocenters. The van der Waals surface area contributed by atoms with Crippen LogP contribution in [0, 0.1) is 20.2 Å². The predicted molar refractivity (Wildman–Crippen MR) is 144 cm³/mol. The topological polar surface area (TPSA) is 173 Å². The first kappa shape index (κ1) is 27.9. The third-order valence-electron chi connectivity index (χ3n) is 5.30. The van der Waals surface area contributed by atoms with Gasteiger partial charge in [0.2, 0.25) is 0 Å². The Bertz CT molecular complexity index is 1690. The maximum atomic E-state index is 13.1. The zero-order chi connectivity index (χ0) is 28.9. The van der Waals surface area contributed by atoms with E-state index in [1.807, 2.05) is 0 Å². The summed E-state index contributed by atoms with van der Waals surface area (Å²) >= 11 is 0. The highest BCUT2D eigenvalue weighted by Gasteiger charge is 2.26. The summed E-state index contributed by atoms with van der Waals surface area (Å²) in [4.78, 5) is 20.0. The average molecular weight is 583 g/mol. The third kappa shape index (κ3) is 6.48. The second kappa shape index (κ2) is 11.3. The quantitative estimate of drug-likeness (QED) is 0.104. The largest absolute Gasteiger partial charge is 0.379 e. The zero-order valence-electron chi connectivity index (χ0n) is 20.2. The predicted octanol–water partition coefficient (Wildman–Crippen LogP) is 5.21. The van der Waals surface area contributed by atoms with Gasteiger partial charge in [0.15, 0.2) is 0 Å². The average Bonchev–Trinajstić information content (AvgIpc) is 2.92. The van der Waals surface area contributed by atoms with Crippen molar-refractivity contribution >= 4 is 43.8 Å². The van der Waals surface area contributed by atoms with E-state index in [1.54, 1.807) is 12.1 Å². The first-order valence-corrected chi connectivity index (χ1v) is 14.0. The van der Waals surface area contributed by atoms with Crippen LogP contribution in [0.4, 0.5) is 11.4 Å². The molecule has 0 atom stereocenters. The number of nitrogens with zero attached hydrogens (tertiary/aromatic N) is 2. The monoisotopic (exact) mass is 582 g/mol. The van der Waals surface area contributed by atoms with E-state index in [1.165, 1.54) is 60.7 Å². The van der Waals surface area contributed by atoms with Crippen LogP contribution in [0.3, 0.4) is 0 Å². The second-order valence-electron chi connectivity index (χ2n) is 7.99. The Hall–Kier alpha value is -5.08. The lowest BCUT2D eigenvalue weighted by Gasteiger charge is -2.11. The number of nitro benzene ring substituents is 2. The summed E-state index contributed by atoms with van der Waals surface area (Å²) in [6.45, 7) is 0. The molecule has 12 nitrogen and oxygen atoms in total. The molecule has 0 aliphatic rings. The van der Waals surface area contributed by atoms with Crippen LogP contribution in [0.15, 0.2) is 107 Å². The summed E-state index contributed by atoms with van der Waals surface area (Å²) < 4.78 is 62.6. The summed E-state index contributed by atoms with van der Waals surface area (Å²) in [5.74, 6) is -0.0727. The van der Waals surface area contributed by atoms with E-state index in [0.717, 1.165) is 36.4 Å². The highest BCUT2D eigenvalue weighted by Crippen LogP contribution is 2.30. The molecular formula is C26H18N2O10S2. The van der Waals surface area contributed by atoms with Gasteiger partial charge in [-0.15, -0.1) is 0 Å². The lowest BCUT2D eigenvalue weighted by molar-refractivity contribution is -0.385. The summed E-state index contributed by atoms with van der Waals surface area (Å²) in [7, 11) is -9.18. The van der Waals surface area contributed by atoms with Gasteiger partial charge in [-0.2, -0.15) is 16.8 Å². The molecule has 0 aliphatic heterocycles. The standard InChI is InChI=1S/C26H18N2O10S2/c29-27(30)21-15-13-19(25(17-21)39(33,34)37-23-7-3-1-4-8-23)11-12-20-14-16-22(28(31)32)18-26(20)40(35,36)38-24-9-5-2-6-10-24/h1-18H/b12-11-. The molecule has 4 aromatic carbocycles. The van der Waals surface area contributed by atoms with Gasteiger partial charge in [-0.25, -0.2) is 0 Å². The first-order chi connectivity index (χ1) is 19.0. The van der Waals surface area contributed by atoms with Crippen LogP contribution in [0.2, 0.25) is 0 Å². The van der Waals surface area contributed by atoms with E-state index in [0.29, 0.717) is 0 Å². The van der Waals surface area contributed by atoms with Crippen molar-refractivity contribution in [3.63, 3.8) is 0 Å². The fourth-order valence-corrected chi connectivity index (χ4v) is 5.74. The van der Waals surface area contributed by atoms with Gasteiger partial charge < -0.3 is 8.37 Å². The minimum absolute atomic E-state index is 0.0363. The number of hydrogen-bond acceptors (Lipinski definition) is 10. The van der Waals surface area contributed by atoms with Crippen molar-refractivity contribution in [1.29, 1.82) is 0 Å². The number of nitro groups is 2. The van der Waals surface area contributed by atoms with Gasteiger partial charge in [-0.1, -0.05) is 48.6 Å². The molecule has 40 heavy (non-hydrogen) atoms. The molecular weight excluding hydrogens is 564 g/mol. The first-order valence-electron chi connectivity index (χ1n) is 11.2. The molecule has 14 heteroatoms. The van der Waals surface area contributed by atoms with Crippen molar-refractivity contribution in [2.75, 3.05) is 0 Å². The van der Waals surface area contributed by atoms with Gasteiger partial charge in [0.1, 0.15) is 21.3 Å². The molecule has 0 fully saturated rings. The van der Waals surface area contributed by atoms with E-state index in [9.17, 15) is 37.1 Å². The lowest BCUT2D eigenvalue weighted by Crippen LogP contribution is -2.12. The van der Waals surface area contributed by atoms with E-state index in [4.69, 9.17) is 8.37 Å². The van der Waals surface area contributed by atoms with Crippen LogP contribution < -0.4 is 8.37 Å². The Morgan fingerprint density at radius 1 is 0.550 bits per heavy atom. The summed E-state index contributed by atoms with van der Waals surface area (Å²) in [6.07, 6.45) is 2.38. The molecule has 4 aromatic rings. The fourth-order valence-electron chi connectivity index (χ4n) is 3.46. The highest BCUT2D eigenvalue weighted by atomic mass is 32.2. The minimum Gasteiger partial charge on any atom is -0.379 e. The molecule has 0 amide bonds. The van der Waals surface area contributed by atoms with Crippen LogP contribution >= 0.6 is 0 Å². The number of hydrogen-bond donors (Lipinski definition) is 0. The molecule has 0 spiro atoms. The van der Waals surface area contributed by atoms with Crippen LogP contribution in [-0.2, 0) is 20.2 Å². The number of benzene rings is 4. The van der Waals surface area contributed by atoms with Crippen molar-refractivity contribution in [1.82, 2.24) is 0 Å². The van der Waals surface area contributed by atoms with E-state index < -0.39 is 51.2 Å². The maximum absolute atomic E-state index is 13.1. The lowest BCUT2D eigenvalue weighted by atomic mass is 10.1. The van der Waals surface area contributed by atoms with Gasteiger partial charge in [-0.3, -0.25) is 20.2 Å². The van der Waals surface area contributed by atoms with Crippen molar-refractivity contribution in [2.45, 2.75) is 9.79 Å². The van der Waals surface area contributed by atoms with Gasteiger partial charge in [0.25, 0.3) is 11.4 Å². The normalized spacial score (nSPS) is 11.7. The number of non-ortho nitro benzene ring substituents is 2. The number of rotatable bonds is 10. The molecule has 0 saturated heterocycles. The Labute approximate surface area is 228 Å². The summed E-state index contributed by atoms with van der Waals surface area (Å²) in [5.41, 5.74) is -1.20. The molecule has 0 radical (unpaired) electrons. The molecule has 4 rings (SSSR count). The fraction of sp³-hybridized carbons (Fsp3) is 0. The Morgan fingerprint density at radius 3 is 1.23 bits per heavy atom. The highest BCUT2D eigenvalue weighted by molar-refractivity contribution is 7.87. The SMILES string of the molecule is O=[N+]([O-])c1ccc(/C=C\c2ccc([N+](=O)[O-])cc2S(=O)(=O)Oc2ccccc2)c(S(=O)(=O)Oc2ccccc2)c1. The maximum Gasteiger partial charge on any atom is 0.340 e. The smallest absolute Gasteiger partial charge is 0.340 e. The molecule has 0 bridgehead atoms. The second-order valence-corrected chi connectivity index (χ2v) is 11.0. The molecule has 0 N–H and O–H groups in total. The van der Waals surface area contributed by atoms with Crippen LogP contribution in [0.1, 0.15) is 11.1 Å². The van der Waals surface area contributed by atoms with Crippen LogP contribution in [-0.4, -0.2) is 26.7 Å². The van der Waals surface area contributed by atoms with Crippen LogP contribution in [0.25, 0.3) is 12.2 Å². The third-order valence-corrected chi connectivity index (χ3v) is 7.90.